The van der Waals surface area contributed by atoms with Crippen LogP contribution in [0.2, 0.25) is 0 Å². The maximum Gasteiger partial charge on any atom is 0.187 e. The average Bonchev–Trinajstić information content (AvgIpc) is 3.82. The van der Waals surface area contributed by atoms with Gasteiger partial charge in [-0.2, -0.15) is 0 Å². The van der Waals surface area contributed by atoms with Crippen LogP contribution in [-0.4, -0.2) is 244 Å². The molecule has 0 bridgehead atoms. The first kappa shape index (κ1) is 59.0. The number of aliphatic hydroxyl groups excluding tert-OH is 14. The van der Waals surface area contributed by atoms with Crippen molar-refractivity contribution in [1.29, 1.82) is 0 Å². The van der Waals surface area contributed by atoms with E-state index in [0.717, 1.165) is 32.1 Å². The molecule has 10 unspecified atom stereocenters. The lowest BCUT2D eigenvalue weighted by atomic mass is 9.47. The van der Waals surface area contributed by atoms with Crippen LogP contribution in [0, 0.1) is 46.3 Å². The lowest BCUT2D eigenvalue weighted by Gasteiger charge is -2.58. The van der Waals surface area contributed by atoms with Crippen LogP contribution >= 0.6 is 0 Å². The first-order chi connectivity index (χ1) is 34.9. The number of hydrogen-bond donors (Lipinski definition) is 15. The van der Waals surface area contributed by atoms with E-state index in [1.165, 1.54) is 12.5 Å². The largest absolute Gasteiger partial charge is 0.394 e. The van der Waals surface area contributed by atoms with E-state index in [9.17, 15) is 71.5 Å². The van der Waals surface area contributed by atoms with Gasteiger partial charge in [0.15, 0.2) is 24.7 Å². The predicted octanol–water partition coefficient (Wildman–Crippen LogP) is -3.37. The van der Waals surface area contributed by atoms with Crippen LogP contribution in [0.5, 0.6) is 0 Å². The molecule has 0 aromatic heterocycles. The summed E-state index contributed by atoms with van der Waals surface area (Å²) in [6.07, 6.45) is -21.9. The summed E-state index contributed by atoms with van der Waals surface area (Å²) in [5.74, 6) is -0.246. The summed E-state index contributed by atoms with van der Waals surface area (Å²) in [6.45, 7) is 7.89. The molecule has 0 aromatic rings. The molecule has 4 aliphatic carbocycles. The molecule has 4 aliphatic heterocycles. The summed E-state index contributed by atoms with van der Waals surface area (Å²) < 4.78 is 48.6. The fourth-order valence-corrected chi connectivity index (χ4v) is 14.6. The van der Waals surface area contributed by atoms with Crippen LogP contribution in [0.3, 0.4) is 0 Å². The fourth-order valence-electron chi connectivity index (χ4n) is 14.6. The van der Waals surface area contributed by atoms with E-state index < -0.39 is 148 Å². The van der Waals surface area contributed by atoms with E-state index >= 15 is 0 Å². The topological polar surface area (TPSA) is 377 Å². The summed E-state index contributed by atoms with van der Waals surface area (Å²) in [6, 6.07) is 0. The van der Waals surface area contributed by atoms with Gasteiger partial charge < -0.3 is 114 Å². The van der Waals surface area contributed by atoms with E-state index in [1.807, 2.05) is 6.92 Å². The second-order valence-corrected chi connectivity index (χ2v) is 23.6. The molecule has 30 atom stereocenters. The van der Waals surface area contributed by atoms with E-state index in [-0.39, 0.29) is 47.9 Å². The summed E-state index contributed by atoms with van der Waals surface area (Å²) in [7, 11) is 0. The quantitative estimate of drug-likeness (QED) is 0.0562. The van der Waals surface area contributed by atoms with Gasteiger partial charge in [-0.25, -0.2) is 0 Å². The number of fused-ring (bicyclic) bond motifs is 7. The predicted molar refractivity (Wildman–Crippen MR) is 252 cm³/mol. The maximum atomic E-state index is 12.1. The molecule has 0 amide bonds. The number of ether oxygens (including phenoxy) is 8. The monoisotopic (exact) mass is 1070 g/mol. The first-order valence-corrected chi connectivity index (χ1v) is 26.8. The van der Waals surface area contributed by atoms with Crippen molar-refractivity contribution in [2.75, 3.05) is 33.0 Å². The van der Waals surface area contributed by atoms with Gasteiger partial charge in [0.1, 0.15) is 91.6 Å². The van der Waals surface area contributed by atoms with E-state index in [4.69, 9.17) is 43.0 Å². The molecule has 4 heterocycles. The number of hydrogen-bond acceptors (Lipinski definition) is 23. The summed E-state index contributed by atoms with van der Waals surface area (Å²) in [5, 5.41) is 157. The second kappa shape index (κ2) is 23.5. The van der Waals surface area contributed by atoms with Crippen molar-refractivity contribution in [3.8, 4) is 0 Å². The van der Waals surface area contributed by atoms with E-state index in [2.05, 4.69) is 26.8 Å². The lowest BCUT2D eigenvalue weighted by Crippen LogP contribution is -2.67. The lowest BCUT2D eigenvalue weighted by molar-refractivity contribution is -0.389. The van der Waals surface area contributed by atoms with Gasteiger partial charge in [0.05, 0.1) is 44.7 Å². The van der Waals surface area contributed by atoms with Gasteiger partial charge >= 0.3 is 0 Å². The van der Waals surface area contributed by atoms with E-state index in [0.29, 0.717) is 43.4 Å². The van der Waals surface area contributed by atoms with Gasteiger partial charge in [0.2, 0.25) is 0 Å². The van der Waals surface area contributed by atoms with Crippen molar-refractivity contribution in [3.05, 3.63) is 11.6 Å². The molecule has 8 rings (SSSR count). The molecule has 8 aliphatic rings. The Morgan fingerprint density at radius 2 is 1.32 bits per heavy atom. The van der Waals surface area contributed by atoms with Gasteiger partial charge in [-0.3, -0.25) is 0 Å². The third-order valence-corrected chi connectivity index (χ3v) is 19.1. The first-order valence-electron chi connectivity index (χ1n) is 26.8. The van der Waals surface area contributed by atoms with Crippen LogP contribution < -0.4 is 0 Å². The van der Waals surface area contributed by atoms with Crippen molar-refractivity contribution in [3.63, 3.8) is 0 Å². The minimum absolute atomic E-state index is 0.0372. The number of allylic oxidation sites excluding steroid dienone is 1. The van der Waals surface area contributed by atoms with Crippen LogP contribution in [0.25, 0.3) is 0 Å². The van der Waals surface area contributed by atoms with Crippen molar-refractivity contribution < 1.29 is 114 Å². The average molecular weight is 1070 g/mol. The molecule has 0 aromatic carbocycles. The summed E-state index contributed by atoms with van der Waals surface area (Å²) in [4.78, 5) is 0. The minimum atomic E-state index is -1.85. The Kier molecular flexibility index (Phi) is 18.7. The van der Waals surface area contributed by atoms with Gasteiger partial charge in [0, 0.05) is 18.9 Å². The molecule has 23 nitrogen and oxygen atoms in total. The summed E-state index contributed by atoms with van der Waals surface area (Å²) >= 11 is 0. The van der Waals surface area contributed by atoms with Gasteiger partial charge in [-0.1, -0.05) is 39.3 Å². The molecule has 428 valence electrons. The Morgan fingerprint density at radius 3 is 2.00 bits per heavy atom. The molecular weight excluding hydrogens is 981 g/mol. The standard InChI is InChI=1S/C51H86O23/c1-21(19-67-20-30(56)37(59)36(58)29(55)16-52)8-13-51(66)22(2)34-31(74-51)15-28-26-7-6-24-14-25(9-11-49(24,4)27(26)10-12-50(28,34)5)69-48-45(73-46-41(63)39(61)35(57)23(3)68-46)43(65)44(33(18-54)71-48)72-47-42(64)40(62)38(60)32(17-53)70-47/h6,21-23,25-48,52-66H,7-20H2,1-5H3/t21-,22+,23?,25+,26-,27+,28+,29?,30?,31?,32?,33?,34+,35+,36-,37-,38-,39?,40?,41+,42+,43?,44-,45+,46+,47+,48-,49+,50+,51?/m1/s1. The van der Waals surface area contributed by atoms with Crippen molar-refractivity contribution in [2.45, 2.75) is 227 Å². The Morgan fingerprint density at radius 1 is 0.689 bits per heavy atom. The highest BCUT2D eigenvalue weighted by Crippen LogP contribution is 2.70. The van der Waals surface area contributed by atoms with E-state index in [1.54, 1.807) is 0 Å². The van der Waals surface area contributed by atoms with Crippen molar-refractivity contribution >= 4 is 0 Å². The molecule has 7 fully saturated rings. The van der Waals surface area contributed by atoms with Crippen LogP contribution in [-0.2, 0) is 37.9 Å². The molecule has 74 heavy (non-hydrogen) atoms. The van der Waals surface area contributed by atoms with Crippen LogP contribution in [0.4, 0.5) is 0 Å². The van der Waals surface area contributed by atoms with Gasteiger partial charge in [-0.15, -0.1) is 0 Å². The zero-order valence-electron chi connectivity index (χ0n) is 43.0. The highest BCUT2D eigenvalue weighted by molar-refractivity contribution is 5.26. The summed E-state index contributed by atoms with van der Waals surface area (Å²) in [5.41, 5.74) is 1.02. The zero-order chi connectivity index (χ0) is 53.9. The Bertz CT molecular complexity index is 1870. The number of aliphatic hydroxyl groups is 15. The second-order valence-electron chi connectivity index (χ2n) is 23.6. The van der Waals surface area contributed by atoms with Crippen LogP contribution in [0.15, 0.2) is 11.6 Å². The highest BCUT2D eigenvalue weighted by atomic mass is 16.8. The number of rotatable bonds is 19. The zero-order valence-corrected chi connectivity index (χ0v) is 43.0. The molecule has 0 radical (unpaired) electrons. The maximum absolute atomic E-state index is 12.1. The fraction of sp³-hybridized carbons (Fsp3) is 0.961. The molecule has 15 N–H and O–H groups in total. The molecule has 23 heteroatoms. The minimum Gasteiger partial charge on any atom is -0.394 e. The normalized spacial score (nSPS) is 50.4. The third kappa shape index (κ3) is 11.0. The molecular formula is C51H86O23. The molecule has 0 spiro atoms. The van der Waals surface area contributed by atoms with Crippen molar-refractivity contribution in [1.82, 2.24) is 0 Å². The Balaban J connectivity index is 0.909. The molecule has 4 saturated heterocycles. The van der Waals surface area contributed by atoms with Crippen LogP contribution in [0.1, 0.15) is 92.4 Å². The Hall–Kier alpha value is -1.18. The van der Waals surface area contributed by atoms with Gasteiger partial charge in [-0.05, 0) is 98.7 Å². The highest BCUT2D eigenvalue weighted by Gasteiger charge is 2.68. The van der Waals surface area contributed by atoms with Gasteiger partial charge in [0.25, 0.3) is 0 Å². The van der Waals surface area contributed by atoms with Crippen molar-refractivity contribution in [2.24, 2.45) is 46.3 Å². The molecule has 3 saturated carbocycles. The third-order valence-electron chi connectivity index (χ3n) is 19.1. The smallest absolute Gasteiger partial charge is 0.187 e. The Labute approximate surface area is 431 Å². The SMILES string of the molecule is CC1O[C@@H](O[C@H]2C(O)[C@H](O[C@@H]3OC(CO)[C@@H](O)C(O)[C@@H]3O)C(CO)O[C@H]2O[C@H]2CC[C@@]3(C)C(=CC[C@H]4[C@@H]5CC6OC(O)(CC[C@@H](C)COCC(O)[C@@H](O)[C@H](O)C(O)CO)[C@@H](C)[C@@H]6[C@@]5(C)CC[C@@H]43)C2)[C@@H](O)C(O)[C@H]1O.